The van der Waals surface area contributed by atoms with Gasteiger partial charge in [0.1, 0.15) is 5.75 Å². The lowest BCUT2D eigenvalue weighted by molar-refractivity contribution is -0.143. The second-order valence-corrected chi connectivity index (χ2v) is 5.60. The first-order chi connectivity index (χ1) is 10.0. The Kier molecular flexibility index (Phi) is 5.20. The van der Waals surface area contributed by atoms with Crippen LogP contribution in [-0.4, -0.2) is 52.9 Å². The second-order valence-electron chi connectivity index (χ2n) is 5.60. The van der Waals surface area contributed by atoms with E-state index in [4.69, 9.17) is 4.74 Å². The van der Waals surface area contributed by atoms with Crippen molar-refractivity contribution in [2.45, 2.75) is 32.4 Å². The molecule has 1 aromatic carbocycles. The highest BCUT2D eigenvalue weighted by Gasteiger charge is 2.38. The van der Waals surface area contributed by atoms with E-state index in [9.17, 15) is 15.0 Å². The van der Waals surface area contributed by atoms with Crippen molar-refractivity contribution in [1.29, 1.82) is 0 Å². The number of hydrogen-bond acceptors (Lipinski definition) is 4. The zero-order valence-corrected chi connectivity index (χ0v) is 12.5. The van der Waals surface area contributed by atoms with E-state index in [0.717, 1.165) is 18.5 Å². The van der Waals surface area contributed by atoms with E-state index in [1.807, 2.05) is 19.1 Å². The van der Waals surface area contributed by atoms with Crippen LogP contribution in [0.5, 0.6) is 5.75 Å². The Balaban J connectivity index is 2.05. The molecular weight excluding hydrogens is 270 g/mol. The highest BCUT2D eigenvalue weighted by Crippen LogP contribution is 2.23. The average Bonchev–Trinajstić information content (AvgIpc) is 2.91. The first kappa shape index (κ1) is 15.8. The van der Waals surface area contributed by atoms with E-state index < -0.39 is 11.9 Å². The number of nitrogens with zero attached hydrogens (tertiary/aromatic N) is 1. The number of rotatable bonds is 6. The highest BCUT2D eigenvalue weighted by molar-refractivity contribution is 5.71. The summed E-state index contributed by atoms with van der Waals surface area (Å²) >= 11 is 0. The van der Waals surface area contributed by atoms with Gasteiger partial charge in [0.2, 0.25) is 0 Å². The van der Waals surface area contributed by atoms with Crippen LogP contribution >= 0.6 is 0 Å². The third-order valence-corrected chi connectivity index (χ3v) is 4.19. The third kappa shape index (κ3) is 3.74. The molecule has 0 amide bonds. The first-order valence-corrected chi connectivity index (χ1v) is 7.37. The fraction of sp³-hybridized carbons (Fsp3) is 0.562. The quantitative estimate of drug-likeness (QED) is 0.836. The van der Waals surface area contributed by atoms with Crippen LogP contribution in [0.2, 0.25) is 0 Å². The predicted octanol–water partition coefficient (Wildman–Crippen LogP) is 1.74. The summed E-state index contributed by atoms with van der Waals surface area (Å²) < 4.78 is 5.37. The summed E-state index contributed by atoms with van der Waals surface area (Å²) in [6.45, 7) is 5.71. The van der Waals surface area contributed by atoms with E-state index in [2.05, 4.69) is 11.8 Å². The maximum Gasteiger partial charge on any atom is 0.310 e. The highest BCUT2D eigenvalue weighted by atomic mass is 16.5. The second kappa shape index (κ2) is 6.91. The number of likely N-dealkylation sites (N-methyl/N-ethyl adjacent to an activating group) is 1. The van der Waals surface area contributed by atoms with Crippen molar-refractivity contribution in [2.24, 2.45) is 5.92 Å². The molecule has 1 fully saturated rings. The largest absolute Gasteiger partial charge is 0.508 e. The zero-order valence-electron chi connectivity index (χ0n) is 12.5. The van der Waals surface area contributed by atoms with E-state index in [1.165, 1.54) is 0 Å². The van der Waals surface area contributed by atoms with Crippen LogP contribution in [0.25, 0.3) is 0 Å². The Morgan fingerprint density at radius 3 is 2.62 bits per heavy atom. The molecule has 1 heterocycles. The van der Waals surface area contributed by atoms with Crippen molar-refractivity contribution >= 4 is 5.97 Å². The van der Waals surface area contributed by atoms with Crippen LogP contribution < -0.4 is 0 Å². The van der Waals surface area contributed by atoms with Crippen molar-refractivity contribution < 1.29 is 19.7 Å². The summed E-state index contributed by atoms with van der Waals surface area (Å²) in [5.41, 5.74) is 1.13. The van der Waals surface area contributed by atoms with Crippen molar-refractivity contribution in [3.63, 3.8) is 0 Å². The molecule has 3 unspecified atom stereocenters. The van der Waals surface area contributed by atoms with Crippen molar-refractivity contribution in [3.05, 3.63) is 29.8 Å². The molecule has 0 radical (unpaired) electrons. The number of aromatic hydroxyl groups is 1. The van der Waals surface area contributed by atoms with Crippen LogP contribution in [0.15, 0.2) is 24.3 Å². The Morgan fingerprint density at radius 1 is 1.38 bits per heavy atom. The number of aliphatic carboxylic acids is 1. The van der Waals surface area contributed by atoms with Crippen LogP contribution in [-0.2, 0) is 16.0 Å². The molecule has 0 spiro atoms. The topological polar surface area (TPSA) is 70.0 Å². The fourth-order valence-electron chi connectivity index (χ4n) is 3.07. The molecule has 0 bridgehead atoms. The van der Waals surface area contributed by atoms with Gasteiger partial charge in [-0.05, 0) is 37.6 Å². The number of ether oxygens (including phenoxy) is 1. The minimum Gasteiger partial charge on any atom is -0.508 e. The molecule has 5 heteroatoms. The van der Waals surface area contributed by atoms with Gasteiger partial charge in [-0.25, -0.2) is 0 Å². The lowest BCUT2D eigenvalue weighted by Crippen LogP contribution is -2.48. The number of phenols is 1. The zero-order chi connectivity index (χ0) is 15.4. The molecule has 0 saturated carbocycles. The SMILES string of the molecule is CCN(C(C)Cc1ccc(O)cc1)C1COCC1C(=O)O. The smallest absolute Gasteiger partial charge is 0.310 e. The fourth-order valence-corrected chi connectivity index (χ4v) is 3.07. The molecule has 2 rings (SSSR count). The number of phenolic OH excluding ortho intramolecular Hbond substituents is 1. The van der Waals surface area contributed by atoms with Gasteiger partial charge in [0.15, 0.2) is 0 Å². The third-order valence-electron chi connectivity index (χ3n) is 4.19. The standard InChI is InChI=1S/C16H23NO4/c1-3-17(15-10-21-9-14(15)16(19)20)11(2)8-12-4-6-13(18)7-5-12/h4-7,11,14-15,18H,3,8-10H2,1-2H3,(H,19,20). The molecule has 1 saturated heterocycles. The molecule has 2 N–H and O–H groups in total. The van der Waals surface area contributed by atoms with Crippen LogP contribution in [0.3, 0.4) is 0 Å². The molecule has 0 aromatic heterocycles. The maximum atomic E-state index is 11.3. The Labute approximate surface area is 125 Å². The predicted molar refractivity (Wildman–Crippen MR) is 79.4 cm³/mol. The summed E-state index contributed by atoms with van der Waals surface area (Å²) in [4.78, 5) is 13.5. The molecule has 21 heavy (non-hydrogen) atoms. The van der Waals surface area contributed by atoms with Gasteiger partial charge in [-0.15, -0.1) is 0 Å². The summed E-state index contributed by atoms with van der Waals surface area (Å²) in [6, 6.07) is 7.31. The summed E-state index contributed by atoms with van der Waals surface area (Å²) in [6.07, 6.45) is 0.816. The van der Waals surface area contributed by atoms with Gasteiger partial charge in [0.05, 0.1) is 19.1 Å². The molecular formula is C16H23NO4. The normalized spacial score (nSPS) is 23.4. The monoisotopic (exact) mass is 293 g/mol. The summed E-state index contributed by atoms with van der Waals surface area (Å²) in [5.74, 6) is -0.978. The molecule has 1 aromatic rings. The van der Waals surface area contributed by atoms with E-state index in [0.29, 0.717) is 13.2 Å². The van der Waals surface area contributed by atoms with E-state index in [1.54, 1.807) is 12.1 Å². The Morgan fingerprint density at radius 2 is 2.05 bits per heavy atom. The molecule has 1 aliphatic heterocycles. The van der Waals surface area contributed by atoms with E-state index in [-0.39, 0.29) is 17.8 Å². The van der Waals surface area contributed by atoms with Gasteiger partial charge >= 0.3 is 5.97 Å². The summed E-state index contributed by atoms with van der Waals surface area (Å²) in [5, 5.41) is 18.6. The number of carboxylic acids is 1. The first-order valence-electron chi connectivity index (χ1n) is 7.37. The van der Waals surface area contributed by atoms with Gasteiger partial charge in [0.25, 0.3) is 0 Å². The molecule has 1 aliphatic rings. The molecule has 0 aliphatic carbocycles. The lowest BCUT2D eigenvalue weighted by atomic mass is 9.98. The minimum absolute atomic E-state index is 0.0698. The minimum atomic E-state index is -0.784. The van der Waals surface area contributed by atoms with Gasteiger partial charge < -0.3 is 14.9 Å². The number of carboxylic acid groups (broad SMARTS) is 1. The average molecular weight is 293 g/mol. The number of hydrogen-bond donors (Lipinski definition) is 2. The Bertz CT molecular complexity index is 474. The van der Waals surface area contributed by atoms with Crippen molar-refractivity contribution in [3.8, 4) is 5.75 Å². The molecule has 3 atom stereocenters. The number of benzene rings is 1. The van der Waals surface area contributed by atoms with Gasteiger partial charge in [-0.3, -0.25) is 9.69 Å². The molecule has 5 nitrogen and oxygen atoms in total. The van der Waals surface area contributed by atoms with Crippen LogP contribution in [0, 0.1) is 5.92 Å². The summed E-state index contributed by atoms with van der Waals surface area (Å²) in [7, 11) is 0. The van der Waals surface area contributed by atoms with Crippen molar-refractivity contribution in [2.75, 3.05) is 19.8 Å². The van der Waals surface area contributed by atoms with Crippen molar-refractivity contribution in [1.82, 2.24) is 4.90 Å². The Hall–Kier alpha value is -1.59. The van der Waals surface area contributed by atoms with E-state index >= 15 is 0 Å². The van der Waals surface area contributed by atoms with Gasteiger partial charge in [-0.2, -0.15) is 0 Å². The van der Waals surface area contributed by atoms with Gasteiger partial charge in [0, 0.05) is 12.1 Å². The van der Waals surface area contributed by atoms with Gasteiger partial charge in [-0.1, -0.05) is 19.1 Å². The van der Waals surface area contributed by atoms with Crippen LogP contribution in [0.1, 0.15) is 19.4 Å². The molecule has 116 valence electrons. The maximum absolute atomic E-state index is 11.3. The lowest BCUT2D eigenvalue weighted by Gasteiger charge is -2.34. The number of carbonyl (C=O) groups is 1. The van der Waals surface area contributed by atoms with Crippen LogP contribution in [0.4, 0.5) is 0 Å².